The Morgan fingerprint density at radius 2 is 1.56 bits per heavy atom. The largest absolute Gasteiger partial charge is 0.481 e. The zero-order chi connectivity index (χ0) is 36.4. The third-order valence-electron chi connectivity index (χ3n) is 9.74. The molecule has 2 aromatic carbocycles. The van der Waals surface area contributed by atoms with Crippen LogP contribution in [0, 0.1) is 12.7 Å². The average Bonchev–Trinajstić information content (AvgIpc) is 3.76. The maximum absolute atomic E-state index is 15.3. The molecule has 2 aliphatic heterocycles. The summed E-state index contributed by atoms with van der Waals surface area (Å²) in [5, 5.41) is 12.8. The van der Waals surface area contributed by atoms with Crippen molar-refractivity contribution < 1.29 is 18.7 Å². The van der Waals surface area contributed by atoms with E-state index in [1.807, 2.05) is 43.3 Å². The van der Waals surface area contributed by atoms with E-state index in [4.69, 9.17) is 21.3 Å². The van der Waals surface area contributed by atoms with E-state index in [9.17, 15) is 14.4 Å². The van der Waals surface area contributed by atoms with Gasteiger partial charge in [-0.3, -0.25) is 18.8 Å². The Balaban J connectivity index is 1.12. The van der Waals surface area contributed by atoms with Crippen LogP contribution in [0.3, 0.4) is 0 Å². The van der Waals surface area contributed by atoms with E-state index < -0.39 is 5.82 Å². The molecule has 2 atom stereocenters. The highest BCUT2D eigenvalue weighted by molar-refractivity contribution is 6.36. The van der Waals surface area contributed by atoms with Gasteiger partial charge >= 0.3 is 0 Å². The fraction of sp³-hybridized carbons (Fsp3) is 0.308. The van der Waals surface area contributed by atoms with Crippen molar-refractivity contribution >= 4 is 29.1 Å². The monoisotopic (exact) mass is 723 g/mol. The Morgan fingerprint density at radius 3 is 2.23 bits per heavy atom. The number of rotatable bonds is 12. The second-order valence-corrected chi connectivity index (χ2v) is 13.6. The second-order valence-electron chi connectivity index (χ2n) is 13.3. The van der Waals surface area contributed by atoms with Crippen molar-refractivity contribution in [2.24, 2.45) is 0 Å². The first-order valence-corrected chi connectivity index (χ1v) is 17.7. The maximum Gasteiger partial charge on any atom is 0.262 e. The van der Waals surface area contributed by atoms with E-state index in [1.54, 1.807) is 18.5 Å². The highest BCUT2D eigenvalue weighted by Gasteiger charge is 2.22. The number of amides is 2. The summed E-state index contributed by atoms with van der Waals surface area (Å²) >= 11 is 7.05. The van der Waals surface area contributed by atoms with Crippen LogP contribution >= 0.6 is 11.6 Å². The molecule has 52 heavy (non-hydrogen) atoms. The average molecular weight is 724 g/mol. The van der Waals surface area contributed by atoms with Gasteiger partial charge < -0.3 is 26.0 Å². The molecule has 2 amide bonds. The first-order chi connectivity index (χ1) is 25.2. The van der Waals surface area contributed by atoms with Crippen LogP contribution < -0.4 is 31.6 Å². The van der Waals surface area contributed by atoms with Crippen LogP contribution in [-0.4, -0.2) is 58.5 Å². The Morgan fingerprint density at radius 1 is 0.885 bits per heavy atom. The molecule has 13 heteroatoms. The lowest BCUT2D eigenvalue weighted by atomic mass is 9.92. The molecule has 0 spiro atoms. The molecule has 0 bridgehead atoms. The van der Waals surface area contributed by atoms with Gasteiger partial charge in [0.25, 0.3) is 5.56 Å². The lowest BCUT2D eigenvalue weighted by Gasteiger charge is -2.17. The Hall–Kier alpha value is -5.17. The zero-order valence-corrected chi connectivity index (χ0v) is 29.6. The number of nitrogens with one attached hydrogen (secondary N) is 4. The first-order valence-electron chi connectivity index (χ1n) is 17.3. The Labute approximate surface area is 305 Å². The van der Waals surface area contributed by atoms with Crippen LogP contribution in [0.25, 0.3) is 39.2 Å². The number of methoxy groups -OCH3 is 1. The number of fused-ring (bicyclic) bond motifs is 1. The van der Waals surface area contributed by atoms with Crippen molar-refractivity contribution in [3.63, 3.8) is 0 Å². The van der Waals surface area contributed by atoms with Crippen LogP contribution in [0.15, 0.2) is 71.8 Å². The molecule has 2 fully saturated rings. The second kappa shape index (κ2) is 15.2. The van der Waals surface area contributed by atoms with E-state index in [2.05, 4.69) is 26.3 Å². The topological polar surface area (TPSA) is 139 Å². The molecule has 0 aliphatic carbocycles. The minimum Gasteiger partial charge on any atom is -0.481 e. The Bertz CT molecular complexity index is 2240. The highest BCUT2D eigenvalue weighted by atomic mass is 35.5. The molecule has 0 saturated carbocycles. The minimum absolute atomic E-state index is 0.0536. The summed E-state index contributed by atoms with van der Waals surface area (Å²) in [5.74, 6) is 0.0575. The molecule has 3 aromatic heterocycles. The van der Waals surface area contributed by atoms with E-state index in [0.717, 1.165) is 40.7 Å². The van der Waals surface area contributed by atoms with E-state index in [-0.39, 0.29) is 29.5 Å². The van der Waals surface area contributed by atoms with Gasteiger partial charge in [0.05, 0.1) is 17.8 Å². The van der Waals surface area contributed by atoms with Gasteiger partial charge in [-0.15, -0.1) is 0 Å². The van der Waals surface area contributed by atoms with Gasteiger partial charge in [0.2, 0.25) is 17.7 Å². The normalized spacial score (nSPS) is 17.1. The highest BCUT2D eigenvalue weighted by Crippen LogP contribution is 2.41. The van der Waals surface area contributed by atoms with Crippen molar-refractivity contribution in [1.29, 1.82) is 0 Å². The number of halogens is 2. The molecule has 0 radical (unpaired) electrons. The number of hydrogen-bond acceptors (Lipinski definition) is 8. The van der Waals surface area contributed by atoms with Gasteiger partial charge in [0.15, 0.2) is 0 Å². The van der Waals surface area contributed by atoms with E-state index >= 15 is 4.39 Å². The van der Waals surface area contributed by atoms with Crippen LogP contribution in [0.2, 0.25) is 5.02 Å². The number of benzene rings is 2. The number of nitrogens with zero attached hydrogens (tertiary/aromatic N) is 3. The fourth-order valence-electron chi connectivity index (χ4n) is 6.97. The first kappa shape index (κ1) is 35.2. The van der Waals surface area contributed by atoms with E-state index in [1.165, 1.54) is 23.6 Å². The molecule has 11 nitrogen and oxygen atoms in total. The van der Waals surface area contributed by atoms with Crippen molar-refractivity contribution in [2.45, 2.75) is 57.8 Å². The fourth-order valence-corrected chi connectivity index (χ4v) is 7.27. The summed E-state index contributed by atoms with van der Waals surface area (Å²) in [6.07, 6.45) is 5.95. The molecule has 5 aromatic rings. The summed E-state index contributed by atoms with van der Waals surface area (Å²) in [4.78, 5) is 45.5. The predicted octanol–water partition coefficient (Wildman–Crippen LogP) is 4.94. The van der Waals surface area contributed by atoms with Gasteiger partial charge in [-0.2, -0.15) is 0 Å². The summed E-state index contributed by atoms with van der Waals surface area (Å²) in [5.41, 5.74) is 6.44. The lowest BCUT2D eigenvalue weighted by molar-refractivity contribution is -0.120. The van der Waals surface area contributed by atoms with Crippen LogP contribution in [0.4, 0.5) is 4.39 Å². The molecular formula is C39H39ClFN7O4. The van der Waals surface area contributed by atoms with Crippen LogP contribution in [-0.2, 0) is 22.7 Å². The van der Waals surface area contributed by atoms with Gasteiger partial charge in [-0.25, -0.2) is 14.4 Å². The van der Waals surface area contributed by atoms with Gasteiger partial charge in [-0.05, 0) is 72.4 Å². The smallest absolute Gasteiger partial charge is 0.262 e. The van der Waals surface area contributed by atoms with Crippen molar-refractivity contribution in [2.75, 3.05) is 20.2 Å². The molecule has 0 unspecified atom stereocenters. The predicted molar refractivity (Wildman–Crippen MR) is 198 cm³/mol. The SMILES string of the molecule is COc1nc(-c2cc(F)cc(-c3cccc(-c4ccn5c(=O)c(CNC[C@@H]6CCC(=O)N6)cnc5c4)c3C)c2Cl)ccc1CNC[C@H]1CCC(=O)N1. The van der Waals surface area contributed by atoms with E-state index in [0.29, 0.717) is 78.0 Å². The van der Waals surface area contributed by atoms with Crippen molar-refractivity contribution in [3.05, 3.63) is 105 Å². The van der Waals surface area contributed by atoms with Gasteiger partial charge in [0, 0.05) is 85.8 Å². The summed E-state index contributed by atoms with van der Waals surface area (Å²) in [7, 11) is 1.54. The molecule has 4 N–H and O–H groups in total. The molecule has 5 heterocycles. The standard InChI is InChI=1S/C39H39ClFN7O4/c1-22-29(23-12-13-48-34(14-23)44-19-25(39(48)51)18-43-21-28-8-11-36(50)46-28)4-3-5-30(22)31-15-26(41)16-32(37(31)40)33-9-6-24(38(47-33)52-2)17-42-20-27-7-10-35(49)45-27/h3-6,9,12-16,19,27-28,42-43H,7-8,10-11,17-18,20-21H2,1-2H3,(H,45,49)(H,46,50)/t27-,28+/m1/s1. The third-order valence-corrected chi connectivity index (χ3v) is 10.2. The lowest BCUT2D eigenvalue weighted by Crippen LogP contribution is -2.36. The third kappa shape index (κ3) is 7.41. The summed E-state index contributed by atoms with van der Waals surface area (Å²) < 4.78 is 22.5. The summed E-state index contributed by atoms with van der Waals surface area (Å²) in [6.45, 7) is 3.99. The number of ether oxygens (including phenoxy) is 1. The quantitative estimate of drug-likeness (QED) is 0.142. The molecule has 2 aliphatic rings. The van der Waals surface area contributed by atoms with Crippen molar-refractivity contribution in [1.82, 2.24) is 35.6 Å². The van der Waals surface area contributed by atoms with Gasteiger partial charge in [0.1, 0.15) is 11.5 Å². The molecule has 2 saturated heterocycles. The molecule has 268 valence electrons. The van der Waals surface area contributed by atoms with Gasteiger partial charge in [-0.1, -0.05) is 35.9 Å². The summed E-state index contributed by atoms with van der Waals surface area (Å²) in [6, 6.07) is 16.1. The molecule has 7 rings (SSSR count). The Kier molecular flexibility index (Phi) is 10.3. The zero-order valence-electron chi connectivity index (χ0n) is 28.9. The number of aromatic nitrogens is 3. The number of carbonyl (C=O) groups excluding carboxylic acids is 2. The molecular weight excluding hydrogens is 685 g/mol. The van der Waals surface area contributed by atoms with Crippen LogP contribution in [0.5, 0.6) is 5.88 Å². The number of hydrogen-bond donors (Lipinski definition) is 4. The van der Waals surface area contributed by atoms with Crippen molar-refractivity contribution in [3.8, 4) is 39.4 Å². The maximum atomic E-state index is 15.3. The number of pyridine rings is 2. The van der Waals surface area contributed by atoms with Crippen LogP contribution in [0.1, 0.15) is 42.4 Å². The minimum atomic E-state index is -0.461. The number of carbonyl (C=O) groups is 2.